The summed E-state index contributed by atoms with van der Waals surface area (Å²) in [4.78, 5) is 220. The molecule has 3 aromatic rings. The number of nitrogens with two attached hydrogens (primary N) is 4. The summed E-state index contributed by atoms with van der Waals surface area (Å²) in [5.41, 5.74) is 23.7. The first-order valence-corrected chi connectivity index (χ1v) is 35.6. The van der Waals surface area contributed by atoms with Crippen LogP contribution in [0, 0.1) is 17.8 Å². The normalized spacial score (nSPS) is 16.0. The molecule has 1 aliphatic heterocycles. The molecule has 1 aliphatic rings. The van der Waals surface area contributed by atoms with Gasteiger partial charge in [0, 0.05) is 36.5 Å². The smallest absolute Gasteiger partial charge is 0.245 e. The van der Waals surface area contributed by atoms with E-state index in [1.807, 2.05) is 0 Å². The first-order valence-electron chi connectivity index (χ1n) is 35.6. The van der Waals surface area contributed by atoms with Crippen LogP contribution in [-0.4, -0.2) is 238 Å². The highest BCUT2D eigenvalue weighted by Crippen LogP contribution is 2.21. The number of aromatic nitrogens is 1. The number of nitrogens with zero attached hydrogens (tertiary/aromatic N) is 1. The summed E-state index contributed by atoms with van der Waals surface area (Å²) in [5.74, 6) is -15.6. The van der Waals surface area contributed by atoms with E-state index in [0.717, 1.165) is 10.9 Å². The molecule has 1 fully saturated rings. The van der Waals surface area contributed by atoms with Crippen LogP contribution in [0.4, 0.5) is 0 Å². The number of phenolic OH excluding ortho intramolecular Hbond substituents is 1. The molecule has 0 bridgehead atoms. The third kappa shape index (κ3) is 29.1. The van der Waals surface area contributed by atoms with Gasteiger partial charge in [-0.15, -0.1) is 0 Å². The number of aromatic amines is 1. The van der Waals surface area contributed by atoms with Gasteiger partial charge in [0.05, 0.1) is 38.8 Å². The number of hydrogen-bond acceptors (Lipinski definition) is 21. The van der Waals surface area contributed by atoms with Crippen LogP contribution in [0.1, 0.15) is 118 Å². The summed E-state index contributed by atoms with van der Waals surface area (Å²) < 4.78 is 0. The number of primary amides is 2. The van der Waals surface area contributed by atoms with Crippen LogP contribution in [0.5, 0.6) is 5.75 Å². The Morgan fingerprint density at radius 3 is 1.56 bits per heavy atom. The van der Waals surface area contributed by atoms with Crippen molar-refractivity contribution >= 4 is 105 Å². The highest BCUT2D eigenvalue weighted by atomic mass is 16.3. The molecule has 0 saturated carbocycles. The van der Waals surface area contributed by atoms with Crippen molar-refractivity contribution in [2.45, 2.75) is 199 Å². The minimum Gasteiger partial charge on any atom is -0.508 e. The van der Waals surface area contributed by atoms with Gasteiger partial charge in [-0.1, -0.05) is 71.9 Å². The van der Waals surface area contributed by atoms with E-state index in [4.69, 9.17) is 22.9 Å². The van der Waals surface area contributed by atoms with Gasteiger partial charge in [0.2, 0.25) is 94.5 Å². The number of rotatable bonds is 44. The van der Waals surface area contributed by atoms with Gasteiger partial charge >= 0.3 is 0 Å². The highest BCUT2D eigenvalue weighted by Gasteiger charge is 2.39. The Morgan fingerprint density at radius 2 is 1.01 bits per heavy atom. The van der Waals surface area contributed by atoms with Crippen molar-refractivity contribution in [1.29, 1.82) is 0 Å². The molecule has 1 saturated heterocycles. The number of carbonyl (C=O) groups is 16. The maximum absolute atomic E-state index is 14.4. The molecule has 0 aliphatic carbocycles. The standard InChI is InChI=1S/C70H107N19O19/c1-34(2)23-46(61(99)77-32-57(96)89-22-12-15-53(89)69(107)82-45(20-21-71)62(100)78-37(7)59(74)97)83-63(101)47(24-35(3)4)84-65(103)49(26-40-16-18-42(92)19-17-40)81-56(95)31-76-60(98)38(8)79-68(106)52(33-90)87-66(104)51(28-54(73)93)85-64(102)48(25-36(5)6)86-70(108)58(39(9)91)88-67(105)50(80-55(94)29-72)27-41-30-75-44-14-11-10-13-43(41)44/h10-11,13-14,16-19,30,34-39,45-53,58,75,90-92H,12,15,20-29,31-33,71-72H2,1-9H3,(H2,73,93)(H2,74,97)(H,76,98)(H,77,99)(H,78,100)(H,79,106)(H,80,94)(H,81,95)(H,82,107)(H,83,101)(H,84,103)(H,85,102)(H,86,108)(H,87,104)(H,88,105)/t37-,38-,39+,45-,46-,47-,48-,49-,50-,51-,52-,53-,58-/m0/s1. The third-order valence-corrected chi connectivity index (χ3v) is 17.2. The molecule has 38 nitrogen and oxygen atoms in total. The monoisotopic (exact) mass is 1520 g/mol. The Bertz CT molecular complexity index is 3660. The fraction of sp³-hybridized carbons (Fsp3) is 0.571. The molecule has 4 rings (SSSR count). The summed E-state index contributed by atoms with van der Waals surface area (Å²) in [7, 11) is 0. The summed E-state index contributed by atoms with van der Waals surface area (Å²) >= 11 is 0. The molecule has 108 heavy (non-hydrogen) atoms. The minimum absolute atomic E-state index is 0.00223. The lowest BCUT2D eigenvalue weighted by atomic mass is 9.99. The molecule has 0 unspecified atom stereocenters. The minimum atomic E-state index is -1.88. The summed E-state index contributed by atoms with van der Waals surface area (Å²) in [6, 6.07) is -4.45. The van der Waals surface area contributed by atoms with Crippen molar-refractivity contribution in [3.05, 3.63) is 65.9 Å². The van der Waals surface area contributed by atoms with Crippen molar-refractivity contribution in [2.75, 3.05) is 39.3 Å². The number of aliphatic hydroxyl groups excluding tert-OH is 2. The molecule has 38 heteroatoms. The molecule has 25 N–H and O–H groups in total. The fourth-order valence-electron chi connectivity index (χ4n) is 11.5. The van der Waals surface area contributed by atoms with E-state index in [2.05, 4.69) is 74.1 Å². The second-order valence-electron chi connectivity index (χ2n) is 27.8. The molecule has 596 valence electrons. The van der Waals surface area contributed by atoms with Crippen molar-refractivity contribution < 1.29 is 92.0 Å². The molecule has 13 atom stereocenters. The number of hydrogen-bond donors (Lipinski definition) is 21. The van der Waals surface area contributed by atoms with E-state index < -0.39 is 206 Å². The number of carbonyl (C=O) groups excluding carboxylic acids is 16. The van der Waals surface area contributed by atoms with E-state index in [1.165, 1.54) is 49.9 Å². The number of fused-ring (bicyclic) bond motifs is 1. The zero-order valence-corrected chi connectivity index (χ0v) is 62.2. The molecule has 16 amide bonds. The SMILES string of the molecule is CC(C)C[C@H](NC(=O)[C@H](CC(C)C)NC(=O)[C@H](Cc1ccc(O)cc1)NC(=O)CNC(=O)[C@H](C)NC(=O)[C@H](CO)NC(=O)[C@H](CC(N)=O)NC(=O)[C@H](CC(C)C)NC(=O)[C@@H](NC(=O)[C@H](Cc1c[nH]c2ccccc12)NC(=O)CN)[C@@H](C)O)C(=O)NCC(=O)N1CCC[C@H]1C(=O)N[C@@H](CCN)C(=O)N[C@@H](C)C(N)=O. The van der Waals surface area contributed by atoms with Crippen molar-refractivity contribution in [3.8, 4) is 5.75 Å². The van der Waals surface area contributed by atoms with Gasteiger partial charge < -0.3 is 117 Å². The van der Waals surface area contributed by atoms with E-state index in [-0.39, 0.29) is 81.5 Å². The predicted molar refractivity (Wildman–Crippen MR) is 390 cm³/mol. The number of phenols is 1. The van der Waals surface area contributed by atoms with Crippen molar-refractivity contribution in [3.63, 3.8) is 0 Å². The number of benzene rings is 2. The summed E-state index contributed by atoms with van der Waals surface area (Å²) in [5, 5.41) is 63.8. The van der Waals surface area contributed by atoms with Crippen molar-refractivity contribution in [1.82, 2.24) is 79.0 Å². The molecule has 0 radical (unpaired) electrons. The Morgan fingerprint density at radius 1 is 0.519 bits per heavy atom. The quantitative estimate of drug-likeness (QED) is 0.0250. The van der Waals surface area contributed by atoms with Gasteiger partial charge in [-0.2, -0.15) is 0 Å². The van der Waals surface area contributed by atoms with E-state index in [1.54, 1.807) is 72.0 Å². The maximum atomic E-state index is 14.4. The van der Waals surface area contributed by atoms with Crippen LogP contribution in [-0.2, 0) is 89.6 Å². The van der Waals surface area contributed by atoms with E-state index in [9.17, 15) is 92.0 Å². The number of likely N-dealkylation sites (tertiary alicyclic amines) is 1. The van der Waals surface area contributed by atoms with Gasteiger partial charge in [-0.3, -0.25) is 76.7 Å². The fourth-order valence-corrected chi connectivity index (χ4v) is 11.5. The lowest BCUT2D eigenvalue weighted by molar-refractivity contribution is -0.140. The van der Waals surface area contributed by atoms with Crippen LogP contribution in [0.15, 0.2) is 54.7 Å². The second-order valence-corrected chi connectivity index (χ2v) is 27.8. The molecule has 2 heterocycles. The van der Waals surface area contributed by atoms with E-state index >= 15 is 0 Å². The van der Waals surface area contributed by atoms with Crippen LogP contribution in [0.25, 0.3) is 10.9 Å². The Balaban J connectivity index is 1.41. The van der Waals surface area contributed by atoms with Gasteiger partial charge in [0.15, 0.2) is 0 Å². The van der Waals surface area contributed by atoms with Crippen LogP contribution < -0.4 is 92.1 Å². The topological polar surface area (TPSA) is 613 Å². The average molecular weight is 1520 g/mol. The first-order chi connectivity index (χ1) is 50.9. The maximum Gasteiger partial charge on any atom is 0.245 e. The van der Waals surface area contributed by atoms with Gasteiger partial charge in [0.1, 0.15) is 78.3 Å². The summed E-state index contributed by atoms with van der Waals surface area (Å²) in [6.07, 6.45) is -0.620. The first kappa shape index (κ1) is 89.5. The number of aromatic hydroxyl groups is 1. The highest BCUT2D eigenvalue weighted by molar-refractivity contribution is 6.01. The van der Waals surface area contributed by atoms with Crippen LogP contribution >= 0.6 is 0 Å². The number of amides is 16. The second kappa shape index (κ2) is 43.7. The largest absolute Gasteiger partial charge is 0.508 e. The molecular formula is C70H107N19O19. The lowest BCUT2D eigenvalue weighted by Gasteiger charge is -2.28. The number of nitrogens with one attached hydrogen (secondary N) is 14. The number of H-pyrrole nitrogens is 1. The number of aliphatic hydroxyl groups is 2. The number of para-hydroxylation sites is 1. The zero-order chi connectivity index (χ0) is 80.8. The average Bonchev–Trinajstić information content (AvgIpc) is 1.67. The Labute approximate surface area is 624 Å². The molecule has 0 spiro atoms. The van der Waals surface area contributed by atoms with Gasteiger partial charge in [-0.05, 0) is 113 Å². The predicted octanol–water partition coefficient (Wildman–Crippen LogP) is -6.57. The third-order valence-electron chi connectivity index (χ3n) is 17.2. The van der Waals surface area contributed by atoms with Crippen LogP contribution in [0.2, 0.25) is 0 Å². The van der Waals surface area contributed by atoms with Gasteiger partial charge in [-0.25, -0.2) is 0 Å². The molecule has 1 aromatic heterocycles. The summed E-state index contributed by atoms with van der Waals surface area (Å²) in [6.45, 7) is 11.2. The lowest BCUT2D eigenvalue weighted by Crippen LogP contribution is -2.62. The van der Waals surface area contributed by atoms with Crippen LogP contribution in [0.3, 0.4) is 0 Å². The van der Waals surface area contributed by atoms with Crippen molar-refractivity contribution in [2.24, 2.45) is 40.7 Å². The van der Waals surface area contributed by atoms with E-state index in [0.29, 0.717) is 17.5 Å². The zero-order valence-electron chi connectivity index (χ0n) is 62.2. The Hall–Kier alpha value is -10.9. The van der Waals surface area contributed by atoms with Gasteiger partial charge in [0.25, 0.3) is 0 Å². The molecular weight excluding hydrogens is 1410 g/mol. The Kier molecular flexibility index (Phi) is 36.2. The molecule has 2 aromatic carbocycles.